The van der Waals surface area contributed by atoms with E-state index in [0.29, 0.717) is 12.3 Å². The van der Waals surface area contributed by atoms with Crippen LogP contribution in [0.1, 0.15) is 31.2 Å². The molecule has 2 aromatic carbocycles. The molecule has 0 bridgehead atoms. The van der Waals surface area contributed by atoms with Crippen LogP contribution >= 0.6 is 0 Å². The first-order valence-corrected chi connectivity index (χ1v) is 10.5. The zero-order valence-electron chi connectivity index (χ0n) is 17.0. The average Bonchev–Trinajstić information content (AvgIpc) is 3.23. The molecule has 0 unspecified atom stereocenters. The van der Waals surface area contributed by atoms with E-state index >= 15 is 0 Å². The van der Waals surface area contributed by atoms with Crippen molar-refractivity contribution >= 4 is 11.6 Å². The second-order valence-electron chi connectivity index (χ2n) is 7.94. The maximum Gasteiger partial charge on any atom is 0.224 e. The number of benzene rings is 2. The summed E-state index contributed by atoms with van der Waals surface area (Å²) in [4.78, 5) is 14.7. The molecular weight excluding hydrogens is 379 g/mol. The molecule has 1 aromatic heterocycles. The molecule has 2 heterocycles. The number of likely N-dealkylation sites (tertiary alicyclic amines) is 1. The Kier molecular flexibility index (Phi) is 6.54. The minimum Gasteiger partial charge on any atom is -0.324 e. The number of hydrogen-bond acceptors (Lipinski definition) is 3. The first kappa shape index (κ1) is 20.3. The van der Waals surface area contributed by atoms with Crippen molar-refractivity contribution in [2.24, 2.45) is 5.92 Å². The van der Waals surface area contributed by atoms with E-state index < -0.39 is 5.82 Å². The highest BCUT2D eigenvalue weighted by molar-refractivity contribution is 5.90. The van der Waals surface area contributed by atoms with Crippen LogP contribution in [0.15, 0.2) is 67.0 Å². The predicted octanol–water partition coefficient (Wildman–Crippen LogP) is 4.64. The van der Waals surface area contributed by atoms with E-state index in [1.165, 1.54) is 11.6 Å². The summed E-state index contributed by atoms with van der Waals surface area (Å²) in [5.74, 6) is -0.0404. The largest absolute Gasteiger partial charge is 0.324 e. The highest BCUT2D eigenvalue weighted by Crippen LogP contribution is 2.23. The Bertz CT molecular complexity index is 972. The number of carbonyl (C=O) groups excluding carboxylic acids is 1. The average molecular weight is 407 g/mol. The van der Waals surface area contributed by atoms with E-state index in [-0.39, 0.29) is 11.6 Å². The van der Waals surface area contributed by atoms with Crippen LogP contribution in [0.5, 0.6) is 0 Å². The second-order valence-corrected chi connectivity index (χ2v) is 7.94. The van der Waals surface area contributed by atoms with Crippen molar-refractivity contribution in [1.29, 1.82) is 0 Å². The predicted molar refractivity (Wildman–Crippen MR) is 116 cm³/mol. The quantitative estimate of drug-likeness (QED) is 0.622. The van der Waals surface area contributed by atoms with E-state index in [1.807, 2.05) is 41.2 Å². The summed E-state index contributed by atoms with van der Waals surface area (Å²) in [5.41, 5.74) is 2.50. The summed E-state index contributed by atoms with van der Waals surface area (Å²) in [5, 5.41) is 7.16. The van der Waals surface area contributed by atoms with Gasteiger partial charge in [0.1, 0.15) is 5.82 Å². The van der Waals surface area contributed by atoms with Crippen LogP contribution in [-0.2, 0) is 11.3 Å². The van der Waals surface area contributed by atoms with Crippen LogP contribution in [0.3, 0.4) is 0 Å². The highest BCUT2D eigenvalue weighted by Gasteiger charge is 2.21. The van der Waals surface area contributed by atoms with Gasteiger partial charge in [-0.05, 0) is 56.0 Å². The van der Waals surface area contributed by atoms with Gasteiger partial charge in [-0.25, -0.2) is 9.07 Å². The molecule has 1 saturated heterocycles. The lowest BCUT2D eigenvalue weighted by molar-refractivity contribution is -0.116. The first-order chi connectivity index (χ1) is 14.7. The third-order valence-electron chi connectivity index (χ3n) is 5.59. The zero-order chi connectivity index (χ0) is 20.8. The van der Waals surface area contributed by atoms with Gasteiger partial charge in [-0.15, -0.1) is 0 Å². The Hall–Kier alpha value is -2.99. The van der Waals surface area contributed by atoms with Gasteiger partial charge in [-0.2, -0.15) is 5.10 Å². The Balaban J connectivity index is 1.26. The molecule has 0 saturated carbocycles. The molecule has 0 radical (unpaired) electrons. The summed E-state index contributed by atoms with van der Waals surface area (Å²) in [6.45, 7) is 2.91. The number of aromatic nitrogens is 2. The van der Waals surface area contributed by atoms with Crippen LogP contribution in [0.4, 0.5) is 10.1 Å². The van der Waals surface area contributed by atoms with Gasteiger partial charge < -0.3 is 5.32 Å². The van der Waals surface area contributed by atoms with Gasteiger partial charge in [0.15, 0.2) is 0 Å². The lowest BCUT2D eigenvalue weighted by Crippen LogP contribution is -2.35. The van der Waals surface area contributed by atoms with E-state index in [2.05, 4.69) is 21.5 Å². The molecule has 156 valence electrons. The molecule has 6 heteroatoms. The monoisotopic (exact) mass is 406 g/mol. The molecule has 1 amide bonds. The number of nitrogens with zero attached hydrogens (tertiary/aromatic N) is 3. The molecule has 1 fully saturated rings. The summed E-state index contributed by atoms with van der Waals surface area (Å²) < 4.78 is 15.6. The minimum absolute atomic E-state index is 0.124. The van der Waals surface area contributed by atoms with Crippen LogP contribution in [0.2, 0.25) is 0 Å². The van der Waals surface area contributed by atoms with E-state index in [0.717, 1.165) is 44.6 Å². The second kappa shape index (κ2) is 9.67. The topological polar surface area (TPSA) is 50.2 Å². The van der Waals surface area contributed by atoms with E-state index in [9.17, 15) is 9.18 Å². The number of hydrogen-bond donors (Lipinski definition) is 1. The van der Waals surface area contributed by atoms with Crippen LogP contribution in [0.25, 0.3) is 5.69 Å². The number of piperidine rings is 1. The van der Waals surface area contributed by atoms with Crippen molar-refractivity contribution in [2.45, 2.75) is 32.2 Å². The zero-order valence-corrected chi connectivity index (χ0v) is 17.0. The molecule has 1 atom stereocenters. The molecule has 1 N–H and O–H groups in total. The van der Waals surface area contributed by atoms with Gasteiger partial charge in [0.05, 0.1) is 17.6 Å². The van der Waals surface area contributed by atoms with Gasteiger partial charge in [-0.1, -0.05) is 30.3 Å². The lowest BCUT2D eigenvalue weighted by Gasteiger charge is -2.32. The van der Waals surface area contributed by atoms with Crippen molar-refractivity contribution in [1.82, 2.24) is 14.7 Å². The van der Waals surface area contributed by atoms with E-state index in [1.54, 1.807) is 18.2 Å². The number of amides is 1. The highest BCUT2D eigenvalue weighted by atomic mass is 19.1. The Morgan fingerprint density at radius 1 is 1.13 bits per heavy atom. The van der Waals surface area contributed by atoms with Gasteiger partial charge in [-0.3, -0.25) is 9.69 Å². The summed E-state index contributed by atoms with van der Waals surface area (Å²) in [7, 11) is 0. The smallest absolute Gasteiger partial charge is 0.224 e. The summed E-state index contributed by atoms with van der Waals surface area (Å²) >= 11 is 0. The van der Waals surface area contributed by atoms with Crippen molar-refractivity contribution in [3.05, 3.63) is 78.4 Å². The maximum absolute atomic E-state index is 13.7. The van der Waals surface area contributed by atoms with Gasteiger partial charge >= 0.3 is 0 Å². The lowest BCUT2D eigenvalue weighted by atomic mass is 9.93. The Labute approximate surface area is 176 Å². The fourth-order valence-electron chi connectivity index (χ4n) is 4.06. The van der Waals surface area contributed by atoms with Gasteiger partial charge in [0, 0.05) is 31.3 Å². The first-order valence-electron chi connectivity index (χ1n) is 10.5. The van der Waals surface area contributed by atoms with Crippen molar-refractivity contribution < 1.29 is 9.18 Å². The number of carbonyl (C=O) groups is 1. The Morgan fingerprint density at radius 2 is 1.93 bits per heavy atom. The molecule has 5 nitrogen and oxygen atoms in total. The Morgan fingerprint density at radius 3 is 2.77 bits per heavy atom. The molecule has 30 heavy (non-hydrogen) atoms. The number of nitrogens with one attached hydrogen (secondary N) is 1. The number of anilines is 1. The third-order valence-corrected chi connectivity index (χ3v) is 5.59. The molecular formula is C24H27FN4O. The molecule has 0 aliphatic carbocycles. The maximum atomic E-state index is 13.7. The summed E-state index contributed by atoms with van der Waals surface area (Å²) in [6.07, 6.45) is 7.51. The van der Waals surface area contributed by atoms with E-state index in [4.69, 9.17) is 0 Å². The fourth-order valence-corrected chi connectivity index (χ4v) is 4.06. The minimum atomic E-state index is -0.397. The molecule has 1 aliphatic heterocycles. The molecule has 3 aromatic rings. The number of halogens is 1. The normalized spacial score (nSPS) is 17.0. The van der Waals surface area contributed by atoms with Gasteiger partial charge in [0.25, 0.3) is 0 Å². The van der Waals surface area contributed by atoms with Crippen LogP contribution in [-0.4, -0.2) is 33.7 Å². The SMILES string of the molecule is O=C(CC[C@@H]1CCCN(Cc2cnn(-c3ccccc3)c2)C1)Nc1ccccc1F. The van der Waals surface area contributed by atoms with Gasteiger partial charge in [0.2, 0.25) is 5.91 Å². The summed E-state index contributed by atoms with van der Waals surface area (Å²) in [6, 6.07) is 16.4. The van der Waals surface area contributed by atoms with Crippen LogP contribution < -0.4 is 5.32 Å². The van der Waals surface area contributed by atoms with Crippen LogP contribution in [0, 0.1) is 11.7 Å². The van der Waals surface area contributed by atoms with Crippen molar-refractivity contribution in [3.8, 4) is 5.69 Å². The number of para-hydroxylation sites is 2. The molecule has 1 aliphatic rings. The van der Waals surface area contributed by atoms with Crippen molar-refractivity contribution in [2.75, 3.05) is 18.4 Å². The third kappa shape index (κ3) is 5.33. The standard InChI is InChI=1S/C24H27FN4O/c25-22-10-4-5-11-23(22)27-24(30)13-12-19-7-6-14-28(16-19)17-20-15-26-29(18-20)21-8-2-1-3-9-21/h1-5,8-11,15,18-19H,6-7,12-14,16-17H2,(H,27,30)/t19-/m0/s1. The number of rotatable bonds is 7. The van der Waals surface area contributed by atoms with Crippen molar-refractivity contribution in [3.63, 3.8) is 0 Å². The molecule has 0 spiro atoms. The molecule has 4 rings (SSSR count). The fraction of sp³-hybridized carbons (Fsp3) is 0.333.